The minimum absolute atomic E-state index is 0.110. The van der Waals surface area contributed by atoms with Crippen molar-refractivity contribution in [2.45, 2.75) is 12.5 Å². The van der Waals surface area contributed by atoms with Gasteiger partial charge in [0.1, 0.15) is 6.04 Å². The Labute approximate surface area is 156 Å². The van der Waals surface area contributed by atoms with Crippen molar-refractivity contribution in [1.82, 2.24) is 10.2 Å². The van der Waals surface area contributed by atoms with Gasteiger partial charge in [0, 0.05) is 12.3 Å². The molecule has 1 saturated heterocycles. The first-order valence-corrected chi connectivity index (χ1v) is 9.65. The molecule has 0 bridgehead atoms. The van der Waals surface area contributed by atoms with E-state index in [-0.39, 0.29) is 11.8 Å². The Morgan fingerprint density at radius 2 is 1.84 bits per heavy atom. The van der Waals surface area contributed by atoms with Crippen molar-refractivity contribution in [1.29, 1.82) is 0 Å². The van der Waals surface area contributed by atoms with Crippen LogP contribution in [0.5, 0.6) is 0 Å². The lowest BCUT2D eigenvalue weighted by atomic mass is 10.1. The maximum atomic E-state index is 12.7. The second-order valence-electron chi connectivity index (χ2n) is 5.80. The molecule has 6 heteroatoms. The SMILES string of the molecule is O=C(NCCc1ccccc1)C1CSCN1C(=O)c1ccccc1Cl. The summed E-state index contributed by atoms with van der Waals surface area (Å²) in [7, 11) is 0. The van der Waals surface area contributed by atoms with Crippen LogP contribution in [0.4, 0.5) is 0 Å². The highest BCUT2D eigenvalue weighted by molar-refractivity contribution is 7.99. The van der Waals surface area contributed by atoms with Crippen LogP contribution in [0, 0.1) is 0 Å². The molecule has 0 spiro atoms. The van der Waals surface area contributed by atoms with Crippen LogP contribution in [-0.2, 0) is 11.2 Å². The number of halogens is 1. The lowest BCUT2D eigenvalue weighted by Gasteiger charge is -2.23. The number of benzene rings is 2. The summed E-state index contributed by atoms with van der Waals surface area (Å²) in [4.78, 5) is 26.8. The molecular weight excluding hydrogens is 356 g/mol. The molecule has 1 N–H and O–H groups in total. The van der Waals surface area contributed by atoms with Crippen molar-refractivity contribution in [2.24, 2.45) is 0 Å². The van der Waals surface area contributed by atoms with Gasteiger partial charge in [-0.05, 0) is 24.1 Å². The van der Waals surface area contributed by atoms with Gasteiger partial charge >= 0.3 is 0 Å². The molecule has 0 saturated carbocycles. The van der Waals surface area contributed by atoms with Crippen molar-refractivity contribution >= 4 is 35.2 Å². The molecule has 25 heavy (non-hydrogen) atoms. The van der Waals surface area contributed by atoms with Gasteiger partial charge in [0.25, 0.3) is 5.91 Å². The van der Waals surface area contributed by atoms with Crippen LogP contribution < -0.4 is 5.32 Å². The molecule has 2 aromatic carbocycles. The summed E-state index contributed by atoms with van der Waals surface area (Å²) in [5, 5.41) is 3.35. The number of carbonyl (C=O) groups excluding carboxylic acids is 2. The van der Waals surface area contributed by atoms with Crippen LogP contribution in [0.15, 0.2) is 54.6 Å². The summed E-state index contributed by atoms with van der Waals surface area (Å²) in [6, 6.07) is 16.5. The van der Waals surface area contributed by atoms with Gasteiger partial charge in [-0.15, -0.1) is 11.8 Å². The summed E-state index contributed by atoms with van der Waals surface area (Å²) in [5.74, 6) is 0.800. The van der Waals surface area contributed by atoms with Crippen LogP contribution in [0.1, 0.15) is 15.9 Å². The second-order valence-corrected chi connectivity index (χ2v) is 7.20. The molecule has 2 aromatic rings. The van der Waals surface area contributed by atoms with E-state index in [1.54, 1.807) is 40.9 Å². The molecule has 1 unspecified atom stereocenters. The smallest absolute Gasteiger partial charge is 0.256 e. The number of amides is 2. The van der Waals surface area contributed by atoms with E-state index in [1.165, 1.54) is 5.56 Å². The number of carbonyl (C=O) groups is 2. The zero-order chi connectivity index (χ0) is 17.6. The molecule has 1 fully saturated rings. The molecule has 3 rings (SSSR count). The van der Waals surface area contributed by atoms with Crippen LogP contribution in [0.25, 0.3) is 0 Å². The van der Waals surface area contributed by atoms with E-state index in [2.05, 4.69) is 5.32 Å². The molecule has 4 nitrogen and oxygen atoms in total. The molecule has 0 radical (unpaired) electrons. The predicted octanol–water partition coefficient (Wildman–Crippen LogP) is 3.21. The number of rotatable bonds is 5. The number of nitrogens with one attached hydrogen (secondary N) is 1. The van der Waals surface area contributed by atoms with Gasteiger partial charge in [0.15, 0.2) is 0 Å². The third kappa shape index (κ3) is 4.35. The van der Waals surface area contributed by atoms with Crippen molar-refractivity contribution in [3.8, 4) is 0 Å². The van der Waals surface area contributed by atoms with Gasteiger partial charge in [-0.3, -0.25) is 9.59 Å². The standard InChI is InChI=1S/C19H19ClN2O2S/c20-16-9-5-4-8-15(16)19(24)22-13-25-12-17(22)18(23)21-11-10-14-6-2-1-3-7-14/h1-9,17H,10-13H2,(H,21,23). The van der Waals surface area contributed by atoms with Gasteiger partial charge in [0.2, 0.25) is 5.91 Å². The molecule has 1 aliphatic heterocycles. The monoisotopic (exact) mass is 374 g/mol. The second kappa shape index (κ2) is 8.41. The molecule has 130 valence electrons. The summed E-state index contributed by atoms with van der Waals surface area (Å²) in [6.07, 6.45) is 0.769. The maximum Gasteiger partial charge on any atom is 0.256 e. The zero-order valence-electron chi connectivity index (χ0n) is 13.7. The number of nitrogens with zero attached hydrogens (tertiary/aromatic N) is 1. The Bertz CT molecular complexity index is 754. The van der Waals surface area contributed by atoms with Gasteiger partial charge < -0.3 is 10.2 Å². The minimum atomic E-state index is -0.454. The summed E-state index contributed by atoms with van der Waals surface area (Å²) < 4.78 is 0. The first kappa shape index (κ1) is 17.8. The van der Waals surface area contributed by atoms with E-state index in [9.17, 15) is 9.59 Å². The molecular formula is C19H19ClN2O2S. The van der Waals surface area contributed by atoms with Crippen molar-refractivity contribution in [3.63, 3.8) is 0 Å². The third-order valence-corrected chi connectivity index (χ3v) is 5.45. The van der Waals surface area contributed by atoms with E-state index in [0.717, 1.165) is 6.42 Å². The fourth-order valence-corrected chi connectivity index (χ4v) is 4.11. The lowest BCUT2D eigenvalue weighted by molar-refractivity contribution is -0.124. The van der Waals surface area contributed by atoms with Crippen molar-refractivity contribution < 1.29 is 9.59 Å². The van der Waals surface area contributed by atoms with Gasteiger partial charge in [0.05, 0.1) is 16.5 Å². The fraction of sp³-hybridized carbons (Fsp3) is 0.263. The highest BCUT2D eigenvalue weighted by Gasteiger charge is 2.35. The highest BCUT2D eigenvalue weighted by atomic mass is 35.5. The van der Waals surface area contributed by atoms with E-state index >= 15 is 0 Å². The topological polar surface area (TPSA) is 49.4 Å². The predicted molar refractivity (Wildman–Crippen MR) is 102 cm³/mol. The lowest BCUT2D eigenvalue weighted by Crippen LogP contribution is -2.47. The van der Waals surface area contributed by atoms with Crippen LogP contribution in [-0.4, -0.2) is 40.9 Å². The first-order valence-electron chi connectivity index (χ1n) is 8.11. The molecule has 1 heterocycles. The molecule has 0 aromatic heterocycles. The normalized spacial score (nSPS) is 16.7. The van der Waals surface area contributed by atoms with Crippen LogP contribution >= 0.6 is 23.4 Å². The summed E-state index contributed by atoms with van der Waals surface area (Å²) in [5.41, 5.74) is 1.61. The minimum Gasteiger partial charge on any atom is -0.354 e. The van der Waals surface area contributed by atoms with E-state index in [4.69, 9.17) is 11.6 Å². The fourth-order valence-electron chi connectivity index (χ4n) is 2.74. The Morgan fingerprint density at radius 3 is 2.60 bits per heavy atom. The average molecular weight is 375 g/mol. The highest BCUT2D eigenvalue weighted by Crippen LogP contribution is 2.26. The maximum absolute atomic E-state index is 12.7. The Hall–Kier alpha value is -1.98. The molecule has 1 atom stereocenters. The number of hydrogen-bond donors (Lipinski definition) is 1. The van der Waals surface area contributed by atoms with Crippen LogP contribution in [0.3, 0.4) is 0 Å². The zero-order valence-corrected chi connectivity index (χ0v) is 15.2. The van der Waals surface area contributed by atoms with Crippen molar-refractivity contribution in [2.75, 3.05) is 18.2 Å². The number of hydrogen-bond acceptors (Lipinski definition) is 3. The molecule has 2 amide bonds. The van der Waals surface area contributed by atoms with Gasteiger partial charge in [-0.2, -0.15) is 0 Å². The van der Waals surface area contributed by atoms with E-state index in [1.807, 2.05) is 30.3 Å². The van der Waals surface area contributed by atoms with Crippen LogP contribution in [0.2, 0.25) is 5.02 Å². The molecule has 0 aliphatic carbocycles. The molecule has 1 aliphatic rings. The average Bonchev–Trinajstić information content (AvgIpc) is 3.12. The van der Waals surface area contributed by atoms with Gasteiger partial charge in [-0.1, -0.05) is 54.1 Å². The number of thioether (sulfide) groups is 1. The Morgan fingerprint density at radius 1 is 1.12 bits per heavy atom. The first-order chi connectivity index (χ1) is 12.2. The third-order valence-electron chi connectivity index (χ3n) is 4.11. The Balaban J connectivity index is 1.60. The summed E-state index contributed by atoms with van der Waals surface area (Å²) >= 11 is 7.70. The quantitative estimate of drug-likeness (QED) is 0.874. The van der Waals surface area contributed by atoms with E-state index < -0.39 is 6.04 Å². The summed E-state index contributed by atoms with van der Waals surface area (Å²) in [6.45, 7) is 0.554. The van der Waals surface area contributed by atoms with Gasteiger partial charge in [-0.25, -0.2) is 0 Å². The van der Waals surface area contributed by atoms with Crippen molar-refractivity contribution in [3.05, 3.63) is 70.7 Å². The Kier molecular flexibility index (Phi) is 6.00. The van der Waals surface area contributed by atoms with E-state index in [0.29, 0.717) is 28.8 Å². The largest absolute Gasteiger partial charge is 0.354 e.